The fourth-order valence-corrected chi connectivity index (χ4v) is 2.84. The van der Waals surface area contributed by atoms with E-state index in [1.54, 1.807) is 0 Å². The lowest BCUT2D eigenvalue weighted by atomic mass is 9.85. The molecule has 0 aromatic carbocycles. The maximum atomic E-state index is 15.2. The average molecular weight is 319 g/mol. The molecule has 2 atom stereocenters. The van der Waals surface area contributed by atoms with Crippen molar-refractivity contribution in [3.05, 3.63) is 0 Å². The van der Waals surface area contributed by atoms with Crippen molar-refractivity contribution < 1.29 is 28.6 Å². The molecular formula is C13H22FNO5Si. The largest absolute Gasteiger partial charge is 0.480 e. The molecular weight excluding hydrogens is 297 g/mol. The summed E-state index contributed by atoms with van der Waals surface area (Å²) in [7, 11) is 0.0203. The zero-order valence-corrected chi connectivity index (χ0v) is 13.9. The summed E-state index contributed by atoms with van der Waals surface area (Å²) in [5.41, 5.74) is -3.30. The van der Waals surface area contributed by atoms with Gasteiger partial charge in [-0.05, 0) is 18.9 Å². The van der Waals surface area contributed by atoms with Gasteiger partial charge in [-0.1, -0.05) is 20.8 Å². The molecule has 0 aromatic heterocycles. The quantitative estimate of drug-likeness (QED) is 0.775. The van der Waals surface area contributed by atoms with E-state index < -0.39 is 42.3 Å². The third kappa shape index (κ3) is 3.94. The Morgan fingerprint density at radius 3 is 2.14 bits per heavy atom. The van der Waals surface area contributed by atoms with Gasteiger partial charge in [0.15, 0.2) is 5.67 Å². The summed E-state index contributed by atoms with van der Waals surface area (Å²) in [4.78, 5) is 22.9. The molecule has 1 aliphatic heterocycles. The summed E-state index contributed by atoms with van der Waals surface area (Å²) in [6.45, 7) is 8.42. The van der Waals surface area contributed by atoms with E-state index >= 15 is 4.39 Å². The Balaban J connectivity index is 2.95. The van der Waals surface area contributed by atoms with Crippen molar-refractivity contribution in [2.75, 3.05) is 6.54 Å². The number of hydrogen-bond acceptors (Lipinski definition) is 3. The molecule has 1 fully saturated rings. The molecule has 0 unspecified atom stereocenters. The van der Waals surface area contributed by atoms with E-state index in [1.807, 2.05) is 20.8 Å². The molecule has 1 aliphatic rings. The molecule has 0 spiro atoms. The van der Waals surface area contributed by atoms with E-state index in [1.165, 1.54) is 13.8 Å². The molecule has 8 heteroatoms. The lowest BCUT2D eigenvalue weighted by Crippen LogP contribution is -2.52. The number of carboxylic acid groups (broad SMARTS) is 2. The van der Waals surface area contributed by atoms with Crippen LogP contribution in [0.4, 0.5) is 9.18 Å². The first-order valence-corrected chi connectivity index (χ1v) is 7.56. The van der Waals surface area contributed by atoms with Crippen LogP contribution >= 0.6 is 0 Å². The normalized spacial score (nSPS) is 27.0. The second-order valence-corrected chi connectivity index (χ2v) is 8.81. The van der Waals surface area contributed by atoms with Crippen LogP contribution in [0, 0.1) is 0 Å². The number of nitrogens with zero attached hydrogens (tertiary/aromatic N) is 1. The number of likely N-dealkylation sites (tertiary alicyclic amines) is 1. The Labute approximate surface area is 126 Å². The minimum absolute atomic E-state index is 0.0203. The summed E-state index contributed by atoms with van der Waals surface area (Å²) in [6.07, 6.45) is -1.84. The maximum absolute atomic E-state index is 15.2. The van der Waals surface area contributed by atoms with Crippen LogP contribution in [0.15, 0.2) is 0 Å². The predicted molar refractivity (Wildman–Crippen MR) is 75.2 cm³/mol. The number of amides is 1. The van der Waals surface area contributed by atoms with Gasteiger partial charge >= 0.3 is 12.1 Å². The summed E-state index contributed by atoms with van der Waals surface area (Å²) < 4.78 is 20.9. The van der Waals surface area contributed by atoms with E-state index in [0.29, 0.717) is 4.90 Å². The molecule has 0 saturated carbocycles. The van der Waals surface area contributed by atoms with Crippen molar-refractivity contribution in [3.63, 3.8) is 0 Å². The van der Waals surface area contributed by atoms with E-state index in [9.17, 15) is 9.59 Å². The van der Waals surface area contributed by atoms with Gasteiger partial charge in [0, 0.05) is 6.42 Å². The molecule has 120 valence electrons. The van der Waals surface area contributed by atoms with Crippen LogP contribution in [0.1, 0.15) is 41.0 Å². The van der Waals surface area contributed by atoms with Crippen LogP contribution in [0.3, 0.4) is 0 Å². The molecule has 0 aromatic rings. The molecule has 1 heterocycles. The number of carbonyl (C=O) groups is 2. The Bertz CT molecular complexity index is 413. The van der Waals surface area contributed by atoms with Crippen LogP contribution in [-0.4, -0.2) is 60.8 Å². The first kappa shape index (κ1) is 17.9. The molecule has 6 nitrogen and oxygen atoms in total. The van der Waals surface area contributed by atoms with Crippen molar-refractivity contribution in [1.82, 2.24) is 4.90 Å². The third-order valence-corrected chi connectivity index (χ3v) is 4.76. The molecule has 1 amide bonds. The number of aliphatic carboxylic acids is 1. The summed E-state index contributed by atoms with van der Waals surface area (Å²) in [6, 6.07) is -1.38. The number of halogens is 1. The standard InChI is InChI=1S/C13H22FNO5Si/c1-11(2,3)21-20-12(4,5)13(14)6-8(9(16)17)15(7-13)10(18)19/h8H,6-7H2,1-5H3,(H,16,17)(H,18,19)/t8-,13+/m0/s1. The van der Waals surface area contributed by atoms with Crippen LogP contribution in [-0.2, 0) is 9.22 Å². The SMILES string of the molecule is CC(C)(C)[Si]OC(C)(C)[C@@]1(F)C[C@@H](C(=O)O)N(C(=O)O)C1. The molecule has 1 rings (SSSR count). The van der Waals surface area contributed by atoms with E-state index in [-0.39, 0.29) is 14.8 Å². The van der Waals surface area contributed by atoms with Gasteiger partial charge in [0.2, 0.25) is 9.76 Å². The highest BCUT2D eigenvalue weighted by molar-refractivity contribution is 6.31. The summed E-state index contributed by atoms with van der Waals surface area (Å²) in [5, 5.41) is 18.0. The van der Waals surface area contributed by atoms with E-state index in [4.69, 9.17) is 14.6 Å². The fraction of sp³-hybridized carbons (Fsp3) is 0.846. The Morgan fingerprint density at radius 1 is 1.29 bits per heavy atom. The Hall–Kier alpha value is -1.15. The van der Waals surface area contributed by atoms with Crippen LogP contribution in [0.5, 0.6) is 0 Å². The third-order valence-electron chi connectivity index (χ3n) is 3.54. The minimum atomic E-state index is -2.04. The van der Waals surface area contributed by atoms with Crippen LogP contribution in [0.25, 0.3) is 0 Å². The molecule has 0 bridgehead atoms. The van der Waals surface area contributed by atoms with E-state index in [0.717, 1.165) is 0 Å². The van der Waals surface area contributed by atoms with Gasteiger partial charge in [-0.2, -0.15) is 0 Å². The van der Waals surface area contributed by atoms with Gasteiger partial charge < -0.3 is 14.6 Å². The first-order chi connectivity index (χ1) is 9.29. The highest BCUT2D eigenvalue weighted by Gasteiger charge is 2.58. The van der Waals surface area contributed by atoms with Gasteiger partial charge in [0.05, 0.1) is 12.1 Å². The molecule has 2 radical (unpaired) electrons. The Morgan fingerprint density at radius 2 is 1.81 bits per heavy atom. The lowest BCUT2D eigenvalue weighted by molar-refractivity contribution is -0.141. The topological polar surface area (TPSA) is 87.1 Å². The molecule has 2 N–H and O–H groups in total. The van der Waals surface area contributed by atoms with Gasteiger partial charge in [0.25, 0.3) is 0 Å². The van der Waals surface area contributed by atoms with Crippen LogP contribution in [0.2, 0.25) is 5.04 Å². The van der Waals surface area contributed by atoms with Crippen molar-refractivity contribution in [2.24, 2.45) is 0 Å². The fourth-order valence-electron chi connectivity index (χ4n) is 2.09. The zero-order chi connectivity index (χ0) is 16.6. The first-order valence-electron chi connectivity index (χ1n) is 6.65. The number of rotatable bonds is 4. The zero-order valence-electron chi connectivity index (χ0n) is 12.9. The monoisotopic (exact) mass is 319 g/mol. The average Bonchev–Trinajstić information content (AvgIpc) is 2.66. The second-order valence-electron chi connectivity index (χ2n) is 6.90. The maximum Gasteiger partial charge on any atom is 0.408 e. The van der Waals surface area contributed by atoms with Crippen molar-refractivity contribution in [3.8, 4) is 0 Å². The van der Waals surface area contributed by atoms with Gasteiger partial charge in [-0.25, -0.2) is 14.0 Å². The van der Waals surface area contributed by atoms with Gasteiger partial charge in [0.1, 0.15) is 6.04 Å². The van der Waals surface area contributed by atoms with Gasteiger partial charge in [-0.15, -0.1) is 0 Å². The second kappa shape index (κ2) is 5.56. The van der Waals surface area contributed by atoms with Gasteiger partial charge in [-0.3, -0.25) is 4.90 Å². The van der Waals surface area contributed by atoms with Crippen molar-refractivity contribution >= 4 is 21.8 Å². The Kier molecular flexibility index (Phi) is 4.74. The minimum Gasteiger partial charge on any atom is -0.480 e. The molecule has 21 heavy (non-hydrogen) atoms. The molecule has 1 saturated heterocycles. The van der Waals surface area contributed by atoms with Crippen LogP contribution < -0.4 is 0 Å². The summed E-state index contributed by atoms with van der Waals surface area (Å²) >= 11 is 0. The van der Waals surface area contributed by atoms with Crippen molar-refractivity contribution in [2.45, 2.75) is 63.4 Å². The number of hydrogen-bond donors (Lipinski definition) is 2. The summed E-state index contributed by atoms with van der Waals surface area (Å²) in [5.74, 6) is -1.34. The van der Waals surface area contributed by atoms with E-state index in [2.05, 4.69) is 0 Å². The number of carboxylic acids is 1. The molecule has 0 aliphatic carbocycles. The lowest BCUT2D eigenvalue weighted by Gasteiger charge is -2.39. The number of alkyl halides is 1. The smallest absolute Gasteiger partial charge is 0.408 e. The van der Waals surface area contributed by atoms with Crippen molar-refractivity contribution in [1.29, 1.82) is 0 Å². The predicted octanol–water partition coefficient (Wildman–Crippen LogP) is 2.16. The highest BCUT2D eigenvalue weighted by Crippen LogP contribution is 2.42. The highest BCUT2D eigenvalue weighted by atomic mass is 28.2.